The van der Waals surface area contributed by atoms with Crippen LogP contribution in [0.25, 0.3) is 0 Å². The molecule has 124 valence electrons. The van der Waals surface area contributed by atoms with Crippen molar-refractivity contribution in [2.75, 3.05) is 12.3 Å². The van der Waals surface area contributed by atoms with Gasteiger partial charge >= 0.3 is 0 Å². The Morgan fingerprint density at radius 2 is 1.78 bits per heavy atom. The highest BCUT2D eigenvalue weighted by molar-refractivity contribution is 5.54. The fourth-order valence-corrected chi connectivity index (χ4v) is 2.49. The predicted molar refractivity (Wildman–Crippen MR) is 97.8 cm³/mol. The van der Waals surface area contributed by atoms with Gasteiger partial charge in [-0.25, -0.2) is 0 Å². The van der Waals surface area contributed by atoms with Gasteiger partial charge in [0.2, 0.25) is 0 Å². The van der Waals surface area contributed by atoms with E-state index >= 15 is 0 Å². The molecule has 0 aliphatic carbocycles. The van der Waals surface area contributed by atoms with Crippen molar-refractivity contribution in [2.45, 2.75) is 46.2 Å². The molecule has 3 heteroatoms. The van der Waals surface area contributed by atoms with E-state index in [0.717, 1.165) is 30.8 Å². The summed E-state index contributed by atoms with van der Waals surface area (Å²) in [6, 6.07) is 15.1. The van der Waals surface area contributed by atoms with E-state index in [-0.39, 0.29) is 0 Å². The highest BCUT2D eigenvalue weighted by Crippen LogP contribution is 2.23. The molecular weight excluding hydrogens is 284 g/mol. The van der Waals surface area contributed by atoms with E-state index in [1.165, 1.54) is 16.7 Å². The number of hydrogen-bond donors (Lipinski definition) is 2. The van der Waals surface area contributed by atoms with Gasteiger partial charge in [-0.15, -0.1) is 0 Å². The van der Waals surface area contributed by atoms with Gasteiger partial charge in [-0.2, -0.15) is 0 Å². The van der Waals surface area contributed by atoms with Gasteiger partial charge in [-0.1, -0.05) is 42.8 Å². The van der Waals surface area contributed by atoms with Crippen LogP contribution in [-0.4, -0.2) is 12.6 Å². The average Bonchev–Trinajstić information content (AvgIpc) is 2.53. The minimum atomic E-state index is 0.387. The van der Waals surface area contributed by atoms with Gasteiger partial charge in [0, 0.05) is 12.6 Å². The Hall–Kier alpha value is -2.00. The van der Waals surface area contributed by atoms with E-state index in [1.54, 1.807) is 0 Å². The third kappa shape index (κ3) is 5.61. The number of aryl methyl sites for hydroxylation is 1. The molecule has 3 nitrogen and oxygen atoms in total. The first-order chi connectivity index (χ1) is 11.1. The first-order valence-electron chi connectivity index (χ1n) is 8.38. The van der Waals surface area contributed by atoms with E-state index in [2.05, 4.69) is 56.4 Å². The van der Waals surface area contributed by atoms with Crippen LogP contribution in [-0.2, 0) is 13.0 Å². The second kappa shape index (κ2) is 8.59. The Bertz CT molecular complexity index is 608. The topological polar surface area (TPSA) is 47.3 Å². The molecule has 1 unspecified atom stereocenters. The molecule has 0 bridgehead atoms. The molecule has 0 aromatic heterocycles. The van der Waals surface area contributed by atoms with Crippen LogP contribution in [0.4, 0.5) is 5.69 Å². The Balaban J connectivity index is 1.85. The molecule has 0 heterocycles. The Morgan fingerprint density at radius 1 is 1.09 bits per heavy atom. The lowest BCUT2D eigenvalue weighted by Gasteiger charge is -2.15. The summed E-state index contributed by atoms with van der Waals surface area (Å²) in [6.07, 6.45) is 1.94. The van der Waals surface area contributed by atoms with Gasteiger partial charge < -0.3 is 15.8 Å². The number of nitrogen functional groups attached to an aromatic ring is 1. The van der Waals surface area contributed by atoms with Crippen molar-refractivity contribution in [3.05, 3.63) is 59.2 Å². The van der Waals surface area contributed by atoms with Crippen molar-refractivity contribution < 1.29 is 4.74 Å². The molecule has 0 amide bonds. The van der Waals surface area contributed by atoms with Crippen LogP contribution in [0, 0.1) is 6.92 Å². The van der Waals surface area contributed by atoms with Crippen LogP contribution >= 0.6 is 0 Å². The standard InChI is InChI=1S/C20H28N2O/c1-4-11-23-20-10-9-18(13-19(20)21)12-16(3)22-14-17-7-5-15(2)6-8-17/h5-10,13,16,22H,4,11-12,14,21H2,1-3H3. The van der Waals surface area contributed by atoms with Gasteiger partial charge in [0.25, 0.3) is 0 Å². The average molecular weight is 312 g/mol. The number of ether oxygens (including phenoxy) is 1. The van der Waals surface area contributed by atoms with Crippen LogP contribution in [0.1, 0.15) is 37.0 Å². The van der Waals surface area contributed by atoms with E-state index in [4.69, 9.17) is 10.5 Å². The zero-order chi connectivity index (χ0) is 16.7. The lowest BCUT2D eigenvalue weighted by atomic mass is 10.1. The van der Waals surface area contributed by atoms with E-state index < -0.39 is 0 Å². The van der Waals surface area contributed by atoms with Crippen molar-refractivity contribution >= 4 is 5.69 Å². The minimum absolute atomic E-state index is 0.387. The maximum atomic E-state index is 6.07. The maximum absolute atomic E-state index is 6.07. The summed E-state index contributed by atoms with van der Waals surface area (Å²) < 4.78 is 5.62. The summed E-state index contributed by atoms with van der Waals surface area (Å²) in [7, 11) is 0. The fraction of sp³-hybridized carbons (Fsp3) is 0.400. The molecule has 1 atom stereocenters. The monoisotopic (exact) mass is 312 g/mol. The molecule has 2 aromatic rings. The quantitative estimate of drug-likeness (QED) is 0.722. The van der Waals surface area contributed by atoms with E-state index in [9.17, 15) is 0 Å². The van der Waals surface area contributed by atoms with E-state index in [1.807, 2.05) is 12.1 Å². The highest BCUT2D eigenvalue weighted by atomic mass is 16.5. The molecule has 0 aliphatic rings. The number of benzene rings is 2. The molecule has 23 heavy (non-hydrogen) atoms. The molecule has 2 rings (SSSR count). The van der Waals surface area contributed by atoms with Crippen LogP contribution in [0.2, 0.25) is 0 Å². The number of rotatable bonds is 8. The van der Waals surface area contributed by atoms with E-state index in [0.29, 0.717) is 12.6 Å². The SMILES string of the molecule is CCCOc1ccc(CC(C)NCc2ccc(C)cc2)cc1N. The van der Waals surface area contributed by atoms with Crippen molar-refractivity contribution in [3.63, 3.8) is 0 Å². The lowest BCUT2D eigenvalue weighted by molar-refractivity contribution is 0.319. The second-order valence-corrected chi connectivity index (χ2v) is 6.19. The minimum Gasteiger partial charge on any atom is -0.491 e. The second-order valence-electron chi connectivity index (χ2n) is 6.19. The third-order valence-electron chi connectivity index (χ3n) is 3.85. The highest BCUT2D eigenvalue weighted by Gasteiger charge is 2.06. The number of hydrogen-bond acceptors (Lipinski definition) is 3. The predicted octanol–water partition coefficient (Wildman–Crippen LogP) is 4.09. The fourth-order valence-electron chi connectivity index (χ4n) is 2.49. The summed E-state index contributed by atoms with van der Waals surface area (Å²) in [4.78, 5) is 0. The van der Waals surface area contributed by atoms with Gasteiger partial charge in [0.1, 0.15) is 5.75 Å². The molecule has 2 aromatic carbocycles. The summed E-state index contributed by atoms with van der Waals surface area (Å²) in [5, 5.41) is 3.56. The Morgan fingerprint density at radius 3 is 2.43 bits per heavy atom. The zero-order valence-electron chi connectivity index (χ0n) is 14.4. The first-order valence-corrected chi connectivity index (χ1v) is 8.38. The third-order valence-corrected chi connectivity index (χ3v) is 3.85. The summed E-state index contributed by atoms with van der Waals surface area (Å²) >= 11 is 0. The molecular formula is C20H28N2O. The van der Waals surface area contributed by atoms with Gasteiger partial charge in [-0.3, -0.25) is 0 Å². The van der Waals surface area contributed by atoms with Gasteiger partial charge in [0.15, 0.2) is 0 Å². The molecule has 0 aliphatic heterocycles. The molecule has 0 saturated heterocycles. The van der Waals surface area contributed by atoms with Crippen LogP contribution in [0.15, 0.2) is 42.5 Å². The molecule has 0 spiro atoms. The Kier molecular flexibility index (Phi) is 6.48. The van der Waals surface area contributed by atoms with Crippen molar-refractivity contribution in [1.82, 2.24) is 5.32 Å². The van der Waals surface area contributed by atoms with Crippen molar-refractivity contribution in [2.24, 2.45) is 0 Å². The summed E-state index contributed by atoms with van der Waals surface area (Å²) in [5.41, 5.74) is 10.6. The first kappa shape index (κ1) is 17.4. The van der Waals surface area contributed by atoms with Crippen molar-refractivity contribution in [1.29, 1.82) is 0 Å². The maximum Gasteiger partial charge on any atom is 0.142 e. The normalized spacial score (nSPS) is 12.1. The van der Waals surface area contributed by atoms with Gasteiger partial charge in [0.05, 0.1) is 12.3 Å². The molecule has 0 fully saturated rings. The number of nitrogens with one attached hydrogen (secondary N) is 1. The summed E-state index contributed by atoms with van der Waals surface area (Å²) in [5.74, 6) is 0.788. The van der Waals surface area contributed by atoms with Crippen LogP contribution in [0.5, 0.6) is 5.75 Å². The number of anilines is 1. The van der Waals surface area contributed by atoms with Gasteiger partial charge in [-0.05, 0) is 49.9 Å². The smallest absolute Gasteiger partial charge is 0.142 e. The lowest BCUT2D eigenvalue weighted by Crippen LogP contribution is -2.27. The number of nitrogens with two attached hydrogens (primary N) is 1. The van der Waals surface area contributed by atoms with Crippen LogP contribution < -0.4 is 15.8 Å². The largest absolute Gasteiger partial charge is 0.491 e. The summed E-state index contributed by atoms with van der Waals surface area (Å²) in [6.45, 7) is 7.99. The van der Waals surface area contributed by atoms with Crippen LogP contribution in [0.3, 0.4) is 0 Å². The molecule has 0 saturated carbocycles. The molecule has 3 N–H and O–H groups in total. The van der Waals surface area contributed by atoms with Crippen molar-refractivity contribution in [3.8, 4) is 5.75 Å². The Labute approximate surface area is 139 Å². The molecule has 0 radical (unpaired) electrons. The zero-order valence-corrected chi connectivity index (χ0v) is 14.4.